The largest absolute Gasteiger partial charge is 0.480 e. The van der Waals surface area contributed by atoms with E-state index in [0.29, 0.717) is 47.8 Å². The second-order valence-electron chi connectivity index (χ2n) is 11.8. The molecule has 0 bridgehead atoms. The number of halogens is 2. The van der Waals surface area contributed by atoms with Crippen molar-refractivity contribution >= 4 is 46.6 Å². The van der Waals surface area contributed by atoms with Gasteiger partial charge in [0.05, 0.1) is 29.0 Å². The number of aliphatic imine (C=N–C) groups is 1. The number of hydrogen-bond acceptors (Lipinski definition) is 8. The minimum absolute atomic E-state index is 0.103. The van der Waals surface area contributed by atoms with E-state index in [9.17, 15) is 23.9 Å². The van der Waals surface area contributed by atoms with Crippen molar-refractivity contribution in [3.63, 3.8) is 0 Å². The number of ether oxygens (including phenoxy) is 1. The normalized spacial score (nSPS) is 23.3. The lowest BCUT2D eigenvalue weighted by atomic mass is 9.92. The molecule has 2 amide bonds. The number of benzene rings is 1. The molecule has 0 spiro atoms. The third-order valence-electron chi connectivity index (χ3n) is 8.14. The van der Waals surface area contributed by atoms with E-state index in [-0.39, 0.29) is 36.3 Å². The topological polar surface area (TPSA) is 116 Å². The van der Waals surface area contributed by atoms with Crippen LogP contribution in [0, 0.1) is 5.82 Å². The van der Waals surface area contributed by atoms with Crippen molar-refractivity contribution in [1.82, 2.24) is 19.7 Å². The molecular weight excluding hydrogens is 597 g/mol. The number of aliphatic carboxylic acids is 1. The fourth-order valence-corrected chi connectivity index (χ4v) is 7.00. The minimum Gasteiger partial charge on any atom is -0.480 e. The molecule has 0 radical (unpaired) electrons. The number of carboxylic acids is 1. The van der Waals surface area contributed by atoms with Crippen LogP contribution >= 0.6 is 22.9 Å². The van der Waals surface area contributed by atoms with E-state index < -0.39 is 41.4 Å². The Labute approximate surface area is 258 Å². The van der Waals surface area contributed by atoms with Gasteiger partial charge in [0.1, 0.15) is 22.9 Å². The van der Waals surface area contributed by atoms with E-state index in [2.05, 4.69) is 4.98 Å². The third kappa shape index (κ3) is 6.05. The monoisotopic (exact) mass is 631 g/mol. The van der Waals surface area contributed by atoms with E-state index in [4.69, 9.17) is 21.3 Å². The molecule has 0 saturated carbocycles. The Bertz CT molecular complexity index is 1470. The van der Waals surface area contributed by atoms with Gasteiger partial charge >= 0.3 is 18.0 Å². The van der Waals surface area contributed by atoms with E-state index in [1.165, 1.54) is 23.5 Å². The molecule has 4 heterocycles. The molecule has 1 N–H and O–H groups in total. The standard InChI is InChI=1S/C30H35ClFN5O5S/c1-5-42-28(40)22-17(15-35-12-13-36-21(25(35)27(38)39)16-37(29(36)41)30(2,3)4)9-10-20(26-33-11-14-43-26)34-24(22)18-7-6-8-19(32)23(18)31/h6-8,11,14,21,24-25H,5,9-10,12-13,15-16H2,1-4H3,(H,38,39)/t21-,24-,25+/m0/s1. The zero-order chi connectivity index (χ0) is 31.1. The van der Waals surface area contributed by atoms with Gasteiger partial charge in [-0.3, -0.25) is 14.7 Å². The summed E-state index contributed by atoms with van der Waals surface area (Å²) < 4.78 is 20.2. The summed E-state index contributed by atoms with van der Waals surface area (Å²) in [7, 11) is 0. The summed E-state index contributed by atoms with van der Waals surface area (Å²) in [5, 5.41) is 12.8. The molecule has 3 aliphatic rings. The van der Waals surface area contributed by atoms with E-state index in [1.807, 2.05) is 31.1 Å². The average molecular weight is 632 g/mol. The highest BCUT2D eigenvalue weighted by Gasteiger charge is 2.51. The summed E-state index contributed by atoms with van der Waals surface area (Å²) in [6.45, 7) is 8.63. The van der Waals surface area contributed by atoms with Crippen LogP contribution in [-0.4, -0.2) is 98.9 Å². The molecule has 3 aliphatic heterocycles. The van der Waals surface area contributed by atoms with Gasteiger partial charge in [-0.1, -0.05) is 23.7 Å². The number of urea groups is 1. The number of nitrogens with zero attached hydrogens (tertiary/aromatic N) is 5. The molecule has 10 nitrogen and oxygen atoms in total. The van der Waals surface area contributed by atoms with E-state index in [0.717, 1.165) is 0 Å². The van der Waals surface area contributed by atoms with Crippen LogP contribution in [0.2, 0.25) is 5.02 Å². The van der Waals surface area contributed by atoms with Gasteiger partial charge in [0.2, 0.25) is 0 Å². The van der Waals surface area contributed by atoms with Crippen LogP contribution in [0.25, 0.3) is 0 Å². The van der Waals surface area contributed by atoms with Gasteiger partial charge in [-0.05, 0) is 52.2 Å². The maximum Gasteiger partial charge on any atom is 0.336 e. The van der Waals surface area contributed by atoms with Gasteiger partial charge in [-0.2, -0.15) is 0 Å². The summed E-state index contributed by atoms with van der Waals surface area (Å²) in [4.78, 5) is 54.2. The van der Waals surface area contributed by atoms with Gasteiger partial charge in [-0.15, -0.1) is 11.3 Å². The lowest BCUT2D eigenvalue weighted by Crippen LogP contribution is -2.62. The fraction of sp³-hybridized carbons (Fsp3) is 0.500. The van der Waals surface area contributed by atoms with Crippen molar-refractivity contribution < 1.29 is 28.6 Å². The number of rotatable bonds is 7. The van der Waals surface area contributed by atoms with Crippen LogP contribution < -0.4 is 0 Å². The average Bonchev–Trinajstić information content (AvgIpc) is 3.55. The first-order valence-corrected chi connectivity index (χ1v) is 15.5. The van der Waals surface area contributed by atoms with E-state index in [1.54, 1.807) is 29.0 Å². The number of fused-ring (bicyclic) bond motifs is 1. The highest BCUT2D eigenvalue weighted by atomic mass is 35.5. The molecule has 0 unspecified atom stereocenters. The first-order valence-electron chi connectivity index (χ1n) is 14.3. The smallest absolute Gasteiger partial charge is 0.336 e. The molecule has 5 rings (SSSR count). The number of carbonyl (C=O) groups is 3. The second kappa shape index (κ2) is 12.3. The highest BCUT2D eigenvalue weighted by Crippen LogP contribution is 2.40. The fourth-order valence-electron chi connectivity index (χ4n) is 6.11. The molecule has 2 saturated heterocycles. The van der Waals surface area contributed by atoms with Gasteiger partial charge in [0.15, 0.2) is 0 Å². The molecule has 2 aromatic rings. The van der Waals surface area contributed by atoms with Crippen LogP contribution in [0.5, 0.6) is 0 Å². The molecule has 1 aromatic heterocycles. The van der Waals surface area contributed by atoms with Crippen LogP contribution in [-0.2, 0) is 14.3 Å². The van der Waals surface area contributed by atoms with Crippen molar-refractivity contribution in [1.29, 1.82) is 0 Å². The van der Waals surface area contributed by atoms with Crippen molar-refractivity contribution in [2.75, 3.05) is 32.8 Å². The number of esters is 1. The van der Waals surface area contributed by atoms with Gasteiger partial charge in [0.25, 0.3) is 0 Å². The predicted molar refractivity (Wildman–Crippen MR) is 161 cm³/mol. The number of aromatic nitrogens is 1. The number of carboxylic acid groups (broad SMARTS) is 1. The van der Waals surface area contributed by atoms with Crippen LogP contribution in [0.4, 0.5) is 9.18 Å². The number of amides is 2. The van der Waals surface area contributed by atoms with Crippen LogP contribution in [0.1, 0.15) is 57.1 Å². The lowest BCUT2D eigenvalue weighted by molar-refractivity contribution is -0.147. The Balaban J connectivity index is 1.59. The molecule has 13 heteroatoms. The maximum absolute atomic E-state index is 14.7. The zero-order valence-electron chi connectivity index (χ0n) is 24.5. The first-order chi connectivity index (χ1) is 20.4. The maximum atomic E-state index is 14.7. The minimum atomic E-state index is -1.05. The van der Waals surface area contributed by atoms with Crippen LogP contribution in [0.15, 0.2) is 45.9 Å². The van der Waals surface area contributed by atoms with Crippen molar-refractivity contribution in [3.8, 4) is 0 Å². The quantitative estimate of drug-likeness (QED) is 0.437. The SMILES string of the molecule is CCOC(=O)C1=C(CN2CCN3C(=O)N(C(C)(C)C)C[C@H]3[C@@H]2C(=O)O)CCC(c2nccs2)=N[C@H]1c1cccc(F)c1Cl. The summed E-state index contributed by atoms with van der Waals surface area (Å²) >= 11 is 7.87. The first kappa shape index (κ1) is 31.1. The molecule has 3 atom stereocenters. The van der Waals surface area contributed by atoms with Gasteiger partial charge < -0.3 is 19.6 Å². The highest BCUT2D eigenvalue weighted by molar-refractivity contribution is 7.11. The van der Waals surface area contributed by atoms with Gasteiger partial charge in [0, 0.05) is 48.9 Å². The lowest BCUT2D eigenvalue weighted by Gasteiger charge is -2.42. The van der Waals surface area contributed by atoms with Crippen LogP contribution in [0.3, 0.4) is 0 Å². The molecule has 0 aliphatic carbocycles. The van der Waals surface area contributed by atoms with Gasteiger partial charge in [-0.25, -0.2) is 19.0 Å². The Morgan fingerprint density at radius 3 is 2.65 bits per heavy atom. The summed E-state index contributed by atoms with van der Waals surface area (Å²) in [5.74, 6) is -2.31. The molecule has 1 aromatic carbocycles. The summed E-state index contributed by atoms with van der Waals surface area (Å²) in [6.07, 6.45) is 2.46. The molecular formula is C30H35ClFN5O5S. The summed E-state index contributed by atoms with van der Waals surface area (Å²) in [6, 6.07) is 1.65. The molecule has 43 heavy (non-hydrogen) atoms. The summed E-state index contributed by atoms with van der Waals surface area (Å²) in [5.41, 5.74) is 1.32. The predicted octanol–water partition coefficient (Wildman–Crippen LogP) is 4.79. The van der Waals surface area contributed by atoms with Crippen molar-refractivity contribution in [3.05, 3.63) is 62.3 Å². The number of piperazine rings is 1. The Morgan fingerprint density at radius 2 is 2.00 bits per heavy atom. The molecule has 230 valence electrons. The number of thiazole rings is 1. The second-order valence-corrected chi connectivity index (χ2v) is 13.0. The van der Waals surface area contributed by atoms with Crippen molar-refractivity contribution in [2.24, 2.45) is 4.99 Å². The Kier molecular flexibility index (Phi) is 8.92. The number of carbonyl (C=O) groups excluding carboxylic acids is 2. The third-order valence-corrected chi connectivity index (χ3v) is 9.36. The van der Waals surface area contributed by atoms with Crippen molar-refractivity contribution in [2.45, 2.75) is 64.2 Å². The van der Waals surface area contributed by atoms with E-state index >= 15 is 0 Å². The Hall–Kier alpha value is -3.35. The number of hydrogen-bond donors (Lipinski definition) is 1. The molecule has 2 fully saturated rings. The zero-order valence-corrected chi connectivity index (χ0v) is 26.1. The Morgan fingerprint density at radius 1 is 1.23 bits per heavy atom.